The Hall–Kier alpha value is -0.340. The molecule has 2 nitrogen and oxygen atoms in total. The predicted molar refractivity (Wildman–Crippen MR) is 51.3 cm³/mol. The molecule has 1 saturated heterocycles. The van der Waals surface area contributed by atoms with Crippen molar-refractivity contribution >= 4 is 0 Å². The van der Waals surface area contributed by atoms with Gasteiger partial charge in [0.15, 0.2) is 0 Å². The molecule has 0 aromatic heterocycles. The van der Waals surface area contributed by atoms with Gasteiger partial charge in [0.25, 0.3) is 0 Å². The van der Waals surface area contributed by atoms with E-state index in [1.54, 1.807) is 7.11 Å². The molecule has 0 aromatic carbocycles. The Morgan fingerprint density at radius 3 is 2.83 bits per heavy atom. The van der Waals surface area contributed by atoms with Crippen molar-refractivity contribution in [2.24, 2.45) is 0 Å². The van der Waals surface area contributed by atoms with Crippen molar-refractivity contribution in [1.29, 1.82) is 0 Å². The maximum Gasteiger partial charge on any atom is 0.0716 e. The Labute approximate surface area is 75.2 Å². The average Bonchev–Trinajstić information content (AvgIpc) is 2.43. The molecule has 70 valence electrons. The van der Waals surface area contributed by atoms with Crippen LogP contribution >= 0.6 is 0 Å². The second-order valence-corrected chi connectivity index (χ2v) is 3.44. The second-order valence-electron chi connectivity index (χ2n) is 3.44. The first-order valence-corrected chi connectivity index (χ1v) is 4.67. The maximum absolute atomic E-state index is 5.32. The van der Waals surface area contributed by atoms with Crippen LogP contribution in [0.1, 0.15) is 19.8 Å². The summed E-state index contributed by atoms with van der Waals surface area (Å²) in [5.74, 6) is 0. The monoisotopic (exact) mass is 169 g/mol. The van der Waals surface area contributed by atoms with E-state index < -0.39 is 0 Å². The lowest BCUT2D eigenvalue weighted by atomic mass is 10.2. The molecule has 1 aliphatic heterocycles. The molecule has 1 heterocycles. The van der Waals surface area contributed by atoms with Gasteiger partial charge >= 0.3 is 0 Å². The van der Waals surface area contributed by atoms with Crippen molar-refractivity contribution in [1.82, 2.24) is 4.90 Å². The zero-order chi connectivity index (χ0) is 8.97. The minimum atomic E-state index is 0.432. The SMILES string of the molecule is CC/C=C/C1CC(OC)CN1C. The van der Waals surface area contributed by atoms with E-state index in [0.717, 1.165) is 19.4 Å². The quantitative estimate of drug-likeness (QED) is 0.596. The van der Waals surface area contributed by atoms with Gasteiger partial charge in [0.1, 0.15) is 0 Å². The first-order chi connectivity index (χ1) is 5.77. The summed E-state index contributed by atoms with van der Waals surface area (Å²) in [5, 5.41) is 0. The molecule has 2 heteroatoms. The number of hydrogen-bond acceptors (Lipinski definition) is 2. The van der Waals surface area contributed by atoms with Crippen molar-refractivity contribution in [3.63, 3.8) is 0 Å². The molecular weight excluding hydrogens is 150 g/mol. The van der Waals surface area contributed by atoms with Crippen LogP contribution in [0.4, 0.5) is 0 Å². The Morgan fingerprint density at radius 1 is 1.58 bits per heavy atom. The summed E-state index contributed by atoms with van der Waals surface area (Å²) >= 11 is 0. The summed E-state index contributed by atoms with van der Waals surface area (Å²) in [6.07, 6.45) is 7.23. The Kier molecular flexibility index (Phi) is 3.76. The minimum absolute atomic E-state index is 0.432. The predicted octanol–water partition coefficient (Wildman–Crippen LogP) is 1.67. The largest absolute Gasteiger partial charge is 0.380 e. The number of hydrogen-bond donors (Lipinski definition) is 0. The van der Waals surface area contributed by atoms with Gasteiger partial charge in [0.05, 0.1) is 6.10 Å². The van der Waals surface area contributed by atoms with E-state index in [4.69, 9.17) is 4.74 Å². The molecule has 0 aliphatic carbocycles. The molecular formula is C10H19NO. The summed E-state index contributed by atoms with van der Waals surface area (Å²) < 4.78 is 5.32. The summed E-state index contributed by atoms with van der Waals surface area (Å²) in [7, 11) is 3.95. The lowest BCUT2D eigenvalue weighted by Crippen LogP contribution is -2.23. The summed E-state index contributed by atoms with van der Waals surface area (Å²) in [6.45, 7) is 3.23. The molecule has 12 heavy (non-hydrogen) atoms. The molecule has 0 N–H and O–H groups in total. The van der Waals surface area contributed by atoms with E-state index in [1.165, 1.54) is 0 Å². The maximum atomic E-state index is 5.32. The normalized spacial score (nSPS) is 31.9. The van der Waals surface area contributed by atoms with Crippen molar-refractivity contribution in [3.8, 4) is 0 Å². The van der Waals surface area contributed by atoms with Gasteiger partial charge in [-0.05, 0) is 19.9 Å². The van der Waals surface area contributed by atoms with Gasteiger partial charge in [-0.15, -0.1) is 0 Å². The highest BCUT2D eigenvalue weighted by Gasteiger charge is 2.26. The molecule has 0 spiro atoms. The highest BCUT2D eigenvalue weighted by atomic mass is 16.5. The summed E-state index contributed by atoms with van der Waals surface area (Å²) in [6, 6.07) is 0.592. The molecule has 1 rings (SSSR count). The Morgan fingerprint density at radius 2 is 2.33 bits per heavy atom. The van der Waals surface area contributed by atoms with Crippen LogP contribution in [0.5, 0.6) is 0 Å². The topological polar surface area (TPSA) is 12.5 Å². The standard InChI is InChI=1S/C10H19NO/c1-4-5-6-9-7-10(12-3)8-11(9)2/h5-6,9-10H,4,7-8H2,1-3H3/b6-5+. The zero-order valence-electron chi connectivity index (χ0n) is 8.29. The number of methoxy groups -OCH3 is 1. The number of allylic oxidation sites excluding steroid dienone is 1. The van der Waals surface area contributed by atoms with Gasteiger partial charge < -0.3 is 4.74 Å². The van der Waals surface area contributed by atoms with E-state index in [-0.39, 0.29) is 0 Å². The van der Waals surface area contributed by atoms with Crippen molar-refractivity contribution in [2.45, 2.75) is 31.9 Å². The molecule has 0 bridgehead atoms. The average molecular weight is 169 g/mol. The highest BCUT2D eigenvalue weighted by molar-refractivity contribution is 4.99. The first kappa shape index (κ1) is 9.75. The molecule has 0 amide bonds. The van der Waals surface area contributed by atoms with Gasteiger partial charge in [0.2, 0.25) is 0 Å². The van der Waals surface area contributed by atoms with Crippen LogP contribution in [0.25, 0.3) is 0 Å². The second kappa shape index (κ2) is 4.63. The third kappa shape index (κ3) is 2.32. The van der Waals surface area contributed by atoms with Gasteiger partial charge in [-0.1, -0.05) is 19.1 Å². The third-order valence-electron chi connectivity index (χ3n) is 2.49. The molecule has 2 atom stereocenters. The van der Waals surface area contributed by atoms with Crippen LogP contribution < -0.4 is 0 Å². The van der Waals surface area contributed by atoms with Gasteiger partial charge in [-0.25, -0.2) is 0 Å². The fourth-order valence-corrected chi connectivity index (χ4v) is 1.67. The number of likely N-dealkylation sites (N-methyl/N-ethyl adjacent to an activating group) is 1. The molecule has 1 fully saturated rings. The van der Waals surface area contributed by atoms with E-state index in [1.807, 2.05) is 0 Å². The van der Waals surface area contributed by atoms with Crippen LogP contribution in [-0.2, 0) is 4.74 Å². The van der Waals surface area contributed by atoms with Gasteiger partial charge in [0, 0.05) is 19.7 Å². The van der Waals surface area contributed by atoms with Gasteiger partial charge in [-0.2, -0.15) is 0 Å². The smallest absolute Gasteiger partial charge is 0.0716 e. The lowest BCUT2D eigenvalue weighted by Gasteiger charge is -2.13. The minimum Gasteiger partial charge on any atom is -0.380 e. The van der Waals surface area contributed by atoms with E-state index >= 15 is 0 Å². The fourth-order valence-electron chi connectivity index (χ4n) is 1.67. The highest BCUT2D eigenvalue weighted by Crippen LogP contribution is 2.18. The molecule has 0 radical (unpaired) electrons. The zero-order valence-corrected chi connectivity index (χ0v) is 8.29. The number of likely N-dealkylation sites (tertiary alicyclic amines) is 1. The fraction of sp³-hybridized carbons (Fsp3) is 0.800. The van der Waals surface area contributed by atoms with Crippen LogP contribution in [0.15, 0.2) is 12.2 Å². The Bertz CT molecular complexity index is 156. The van der Waals surface area contributed by atoms with Crippen LogP contribution in [0, 0.1) is 0 Å². The van der Waals surface area contributed by atoms with E-state index in [9.17, 15) is 0 Å². The summed E-state index contributed by atoms with van der Waals surface area (Å²) in [5.41, 5.74) is 0. The molecule has 0 saturated carbocycles. The van der Waals surface area contributed by atoms with Crippen molar-refractivity contribution in [2.75, 3.05) is 20.7 Å². The first-order valence-electron chi connectivity index (χ1n) is 4.67. The number of nitrogens with zero attached hydrogens (tertiary/aromatic N) is 1. The van der Waals surface area contributed by atoms with Gasteiger partial charge in [-0.3, -0.25) is 4.90 Å². The van der Waals surface area contributed by atoms with Crippen molar-refractivity contribution in [3.05, 3.63) is 12.2 Å². The van der Waals surface area contributed by atoms with Crippen LogP contribution in [0.2, 0.25) is 0 Å². The lowest BCUT2D eigenvalue weighted by molar-refractivity contribution is 0.111. The van der Waals surface area contributed by atoms with E-state index in [2.05, 4.69) is 31.0 Å². The summed E-state index contributed by atoms with van der Waals surface area (Å²) in [4.78, 5) is 2.35. The van der Waals surface area contributed by atoms with Crippen LogP contribution in [-0.4, -0.2) is 37.7 Å². The third-order valence-corrected chi connectivity index (χ3v) is 2.49. The number of rotatable bonds is 3. The Balaban J connectivity index is 2.40. The molecule has 1 aliphatic rings. The number of ether oxygens (including phenoxy) is 1. The van der Waals surface area contributed by atoms with Crippen LogP contribution in [0.3, 0.4) is 0 Å². The van der Waals surface area contributed by atoms with E-state index in [0.29, 0.717) is 12.1 Å². The molecule has 2 unspecified atom stereocenters. The molecule has 0 aromatic rings. The van der Waals surface area contributed by atoms with Crippen molar-refractivity contribution < 1.29 is 4.74 Å².